The van der Waals surface area contributed by atoms with Gasteiger partial charge in [0.15, 0.2) is 5.82 Å². The predicted molar refractivity (Wildman–Crippen MR) is 158 cm³/mol. The summed E-state index contributed by atoms with van der Waals surface area (Å²) in [5.41, 5.74) is 12.4. The highest BCUT2D eigenvalue weighted by Crippen LogP contribution is 2.40. The molecular weight excluding hydrogens is 498 g/mol. The number of methoxy groups -OCH3 is 1. The third-order valence-electron chi connectivity index (χ3n) is 9.79. The number of nitrogens with two attached hydrogens (primary N) is 1. The molecule has 0 spiro atoms. The number of benzene rings is 2. The SMILES string of the molecule is COc1cc(C(=O)N2C[C@H]3CCC2[C@@H]3N)cc2nc(-c3cc4ccc(/C=C/C5CC5)cc4n3CC3CC3)n(C)c12. The van der Waals surface area contributed by atoms with E-state index in [0.717, 1.165) is 60.3 Å². The number of hydrogen-bond acceptors (Lipinski definition) is 4. The normalized spacial score (nSPS) is 24.3. The Balaban J connectivity index is 1.22. The van der Waals surface area contributed by atoms with Gasteiger partial charge in [0.1, 0.15) is 11.3 Å². The Kier molecular flexibility index (Phi) is 5.43. The van der Waals surface area contributed by atoms with Gasteiger partial charge in [0.25, 0.3) is 5.91 Å². The van der Waals surface area contributed by atoms with Gasteiger partial charge in [-0.1, -0.05) is 24.3 Å². The number of nitrogens with zero attached hydrogens (tertiary/aromatic N) is 4. The first kappa shape index (κ1) is 24.2. The summed E-state index contributed by atoms with van der Waals surface area (Å²) < 4.78 is 10.4. The lowest BCUT2D eigenvalue weighted by atomic mass is 10.1. The van der Waals surface area contributed by atoms with Crippen molar-refractivity contribution in [3.05, 3.63) is 53.6 Å². The van der Waals surface area contributed by atoms with E-state index in [1.54, 1.807) is 7.11 Å². The highest BCUT2D eigenvalue weighted by molar-refractivity contribution is 6.00. The van der Waals surface area contributed by atoms with Crippen LogP contribution >= 0.6 is 0 Å². The Hall–Kier alpha value is -3.58. The molecule has 2 bridgehead atoms. The first-order valence-electron chi connectivity index (χ1n) is 14.9. The Bertz CT molecular complexity index is 1690. The van der Waals surface area contributed by atoms with Gasteiger partial charge in [-0.2, -0.15) is 0 Å². The summed E-state index contributed by atoms with van der Waals surface area (Å²) in [7, 11) is 3.72. The summed E-state index contributed by atoms with van der Waals surface area (Å²) in [6.45, 7) is 1.74. The maximum Gasteiger partial charge on any atom is 0.254 e. The number of aryl methyl sites for hydroxylation is 1. The zero-order chi connectivity index (χ0) is 27.1. The second-order valence-electron chi connectivity index (χ2n) is 12.6. The van der Waals surface area contributed by atoms with Crippen LogP contribution in [0.3, 0.4) is 0 Å². The quantitative estimate of drug-likeness (QED) is 0.334. The Labute approximate surface area is 234 Å². The molecule has 40 heavy (non-hydrogen) atoms. The summed E-state index contributed by atoms with van der Waals surface area (Å²) in [4.78, 5) is 20.8. The lowest BCUT2D eigenvalue weighted by Crippen LogP contribution is -2.41. The van der Waals surface area contributed by atoms with E-state index in [2.05, 4.69) is 52.6 Å². The van der Waals surface area contributed by atoms with Gasteiger partial charge in [0.2, 0.25) is 0 Å². The number of ether oxygens (including phenoxy) is 1. The zero-order valence-electron chi connectivity index (χ0n) is 23.3. The molecule has 4 aliphatic rings. The molecule has 3 atom stereocenters. The molecular formula is C33H37N5O2. The molecule has 1 amide bonds. The Morgan fingerprint density at radius 3 is 2.65 bits per heavy atom. The van der Waals surface area contributed by atoms with Gasteiger partial charge < -0.3 is 24.5 Å². The number of hydrogen-bond donors (Lipinski definition) is 1. The summed E-state index contributed by atoms with van der Waals surface area (Å²) in [5.74, 6) is 3.49. The van der Waals surface area contributed by atoms with Crippen molar-refractivity contribution >= 4 is 33.9 Å². The van der Waals surface area contributed by atoms with Gasteiger partial charge in [-0.15, -0.1) is 0 Å². The first-order chi connectivity index (χ1) is 19.5. The van der Waals surface area contributed by atoms with Crippen molar-refractivity contribution in [2.24, 2.45) is 30.5 Å². The predicted octanol–water partition coefficient (Wildman–Crippen LogP) is 5.60. The highest BCUT2D eigenvalue weighted by atomic mass is 16.5. The van der Waals surface area contributed by atoms with E-state index < -0.39 is 0 Å². The fourth-order valence-electron chi connectivity index (χ4n) is 7.12. The molecule has 4 fully saturated rings. The second kappa shape index (κ2) is 8.96. The van der Waals surface area contributed by atoms with E-state index in [9.17, 15) is 4.79 Å². The molecule has 8 rings (SSSR count). The van der Waals surface area contributed by atoms with Gasteiger partial charge in [0.05, 0.1) is 18.3 Å². The van der Waals surface area contributed by atoms with E-state index in [1.165, 1.54) is 42.1 Å². The maximum atomic E-state index is 13.7. The van der Waals surface area contributed by atoms with Crippen LogP contribution in [0.4, 0.5) is 0 Å². The number of rotatable bonds is 7. The minimum absolute atomic E-state index is 0.0321. The molecule has 0 radical (unpaired) electrons. The number of allylic oxidation sites excluding steroid dienone is 1. The largest absolute Gasteiger partial charge is 0.494 e. The van der Waals surface area contributed by atoms with Crippen LogP contribution in [0.2, 0.25) is 0 Å². The molecule has 3 heterocycles. The molecule has 2 aromatic heterocycles. The van der Waals surface area contributed by atoms with Crippen LogP contribution in [-0.4, -0.2) is 50.7 Å². The molecule has 2 aromatic carbocycles. The van der Waals surface area contributed by atoms with Crippen molar-refractivity contribution in [1.82, 2.24) is 19.0 Å². The van der Waals surface area contributed by atoms with Crippen LogP contribution in [0.5, 0.6) is 5.75 Å². The molecule has 3 saturated carbocycles. The third-order valence-corrected chi connectivity index (χ3v) is 9.79. The number of imidazole rings is 1. The fraction of sp³-hybridized carbons (Fsp3) is 0.455. The molecule has 1 aliphatic heterocycles. The van der Waals surface area contributed by atoms with Crippen molar-refractivity contribution in [3.8, 4) is 17.3 Å². The molecule has 3 aliphatic carbocycles. The molecule has 2 N–H and O–H groups in total. The number of carbonyl (C=O) groups excluding carboxylic acids is 1. The van der Waals surface area contributed by atoms with E-state index >= 15 is 0 Å². The van der Waals surface area contributed by atoms with E-state index in [-0.39, 0.29) is 18.0 Å². The number of likely N-dealkylation sites (tertiary alicyclic amines) is 1. The number of fused-ring (bicyclic) bond motifs is 4. The van der Waals surface area contributed by atoms with Crippen molar-refractivity contribution in [3.63, 3.8) is 0 Å². The summed E-state index contributed by atoms with van der Waals surface area (Å²) >= 11 is 0. The molecule has 1 saturated heterocycles. The standard InChI is InChI=1S/C33H37N5O2/c1-36-31-25(14-24(16-29(31)40-2)33(39)38-18-23-11-12-26(38)30(23)34)35-32(36)28-15-22-10-9-20(6-5-19-3-4-19)13-27(22)37(28)17-21-7-8-21/h5-6,9-10,13-16,19,21,23,26,30H,3-4,7-8,11-12,17-18,34H2,1-2H3/b6-5+/t23-,26?,30-/m1/s1. The average Bonchev–Trinajstić information content (AvgIpc) is 3.87. The van der Waals surface area contributed by atoms with Crippen LogP contribution in [0, 0.1) is 17.8 Å². The molecule has 4 aromatic rings. The fourth-order valence-corrected chi connectivity index (χ4v) is 7.12. The summed E-state index contributed by atoms with van der Waals surface area (Å²) in [6.07, 6.45) is 11.9. The highest BCUT2D eigenvalue weighted by Gasteiger charge is 2.47. The van der Waals surface area contributed by atoms with Gasteiger partial charge in [-0.3, -0.25) is 4.79 Å². The molecule has 206 valence electrons. The maximum absolute atomic E-state index is 13.7. The lowest BCUT2D eigenvalue weighted by Gasteiger charge is -2.27. The van der Waals surface area contributed by atoms with Crippen LogP contribution in [0.1, 0.15) is 54.4 Å². The number of amides is 1. The van der Waals surface area contributed by atoms with Crippen LogP contribution in [-0.2, 0) is 13.6 Å². The molecule has 1 unspecified atom stereocenters. The summed E-state index contributed by atoms with van der Waals surface area (Å²) in [5, 5.41) is 1.23. The zero-order valence-corrected chi connectivity index (χ0v) is 23.3. The van der Waals surface area contributed by atoms with E-state index in [1.807, 2.05) is 17.0 Å². The first-order valence-corrected chi connectivity index (χ1v) is 14.9. The monoisotopic (exact) mass is 535 g/mol. The van der Waals surface area contributed by atoms with Crippen molar-refractivity contribution in [2.75, 3.05) is 13.7 Å². The van der Waals surface area contributed by atoms with Crippen LogP contribution < -0.4 is 10.5 Å². The Morgan fingerprint density at radius 1 is 1.10 bits per heavy atom. The van der Waals surface area contributed by atoms with E-state index in [4.69, 9.17) is 15.5 Å². The number of carbonyl (C=O) groups is 1. The van der Waals surface area contributed by atoms with Gasteiger partial charge in [-0.05, 0) is 86.1 Å². The smallest absolute Gasteiger partial charge is 0.254 e. The minimum Gasteiger partial charge on any atom is -0.494 e. The van der Waals surface area contributed by atoms with Gasteiger partial charge in [0, 0.05) is 48.7 Å². The van der Waals surface area contributed by atoms with Crippen LogP contribution in [0.15, 0.2) is 42.5 Å². The number of piperidine rings is 1. The second-order valence-corrected chi connectivity index (χ2v) is 12.6. The average molecular weight is 536 g/mol. The van der Waals surface area contributed by atoms with Gasteiger partial charge in [-0.25, -0.2) is 4.98 Å². The summed E-state index contributed by atoms with van der Waals surface area (Å²) in [6, 6.07) is 13.1. The minimum atomic E-state index is 0.0321. The Morgan fingerprint density at radius 2 is 1.95 bits per heavy atom. The van der Waals surface area contributed by atoms with Crippen LogP contribution in [0.25, 0.3) is 39.5 Å². The number of aromatic nitrogens is 3. The lowest BCUT2D eigenvalue weighted by molar-refractivity contribution is 0.0700. The van der Waals surface area contributed by atoms with Gasteiger partial charge >= 0.3 is 0 Å². The molecule has 7 heteroatoms. The van der Waals surface area contributed by atoms with Crippen molar-refractivity contribution < 1.29 is 9.53 Å². The topological polar surface area (TPSA) is 78.3 Å². The van der Waals surface area contributed by atoms with Crippen molar-refractivity contribution in [1.29, 1.82) is 0 Å². The third kappa shape index (κ3) is 3.89. The van der Waals surface area contributed by atoms with E-state index in [0.29, 0.717) is 17.2 Å². The molecule has 7 nitrogen and oxygen atoms in total. The van der Waals surface area contributed by atoms with Crippen molar-refractivity contribution in [2.45, 2.75) is 57.2 Å².